The molecule has 0 aliphatic carbocycles. The zero-order chi connectivity index (χ0) is 45.7. The van der Waals surface area contributed by atoms with E-state index in [0.717, 1.165) is 22.3 Å². The highest BCUT2D eigenvalue weighted by atomic mass is 32.2. The van der Waals surface area contributed by atoms with Crippen LogP contribution < -0.4 is 19.7 Å². The number of ketones is 1. The van der Waals surface area contributed by atoms with Gasteiger partial charge in [-0.25, -0.2) is 28.7 Å². The van der Waals surface area contributed by atoms with E-state index in [4.69, 9.17) is 4.74 Å². The molecule has 6 heterocycles. The summed E-state index contributed by atoms with van der Waals surface area (Å²) in [6.45, 7) is 12.0. The topological polar surface area (TPSA) is 218 Å². The minimum atomic E-state index is -4.16. The average Bonchev–Trinajstić information content (AvgIpc) is 3.72. The first-order valence-corrected chi connectivity index (χ1v) is 22.0. The van der Waals surface area contributed by atoms with E-state index in [1.165, 1.54) is 13.2 Å². The number of halogens is 2. The molecule has 0 spiro atoms. The second kappa shape index (κ2) is 19.4. The molecule has 1 aromatic carbocycles. The number of H-pyrrole nitrogens is 1. The Kier molecular flexibility index (Phi) is 13.7. The number of anilines is 2. The van der Waals surface area contributed by atoms with E-state index < -0.39 is 50.9 Å². The van der Waals surface area contributed by atoms with E-state index in [-0.39, 0.29) is 47.9 Å². The van der Waals surface area contributed by atoms with Crippen molar-refractivity contribution < 1.29 is 41.1 Å². The molecule has 3 amide bonds. The maximum atomic E-state index is 15.6. The molecular formula is C42H48F2N12O7S. The molecule has 22 heteroatoms. The molecular weight excluding hydrogens is 855 g/mol. The highest BCUT2D eigenvalue weighted by Gasteiger charge is 2.30. The highest BCUT2D eigenvalue weighted by molar-refractivity contribution is 7.90. The van der Waals surface area contributed by atoms with Gasteiger partial charge in [0.1, 0.15) is 23.0 Å². The Morgan fingerprint density at radius 2 is 1.77 bits per heavy atom. The number of piperazine rings is 2. The number of carbonyl (C=O) groups is 4. The number of hydrogen-bond acceptors (Lipinski definition) is 12. The maximum absolute atomic E-state index is 15.6. The van der Waals surface area contributed by atoms with Gasteiger partial charge in [-0.1, -0.05) is 6.92 Å². The van der Waals surface area contributed by atoms with Crippen LogP contribution in [-0.2, 0) is 24.6 Å². The van der Waals surface area contributed by atoms with Gasteiger partial charge in [-0.15, -0.1) is 0 Å². The number of imide groups is 1. The van der Waals surface area contributed by atoms with Gasteiger partial charge in [0.05, 0.1) is 24.0 Å². The maximum Gasteiger partial charge on any atom is 0.301 e. The Labute approximate surface area is 368 Å². The zero-order valence-electron chi connectivity index (χ0n) is 35.5. The largest absolute Gasteiger partial charge is 0.479 e. The van der Waals surface area contributed by atoms with Crippen LogP contribution in [-0.4, -0.2) is 157 Å². The van der Waals surface area contributed by atoms with Gasteiger partial charge in [0.25, 0.3) is 5.91 Å². The molecule has 4 aromatic rings. The van der Waals surface area contributed by atoms with E-state index in [1.54, 1.807) is 44.6 Å². The Morgan fingerprint density at radius 3 is 2.44 bits per heavy atom. The van der Waals surface area contributed by atoms with Crippen molar-refractivity contribution in [2.75, 3.05) is 82.1 Å². The molecule has 7 rings (SSSR count). The quantitative estimate of drug-likeness (QED) is 0.0764. The number of piperidine rings is 1. The number of carbonyl (C=O) groups excluding carboxylic acids is 4. The number of nitrogens with zero attached hydrogens (tertiary/aromatic N) is 9. The van der Waals surface area contributed by atoms with Crippen LogP contribution >= 0.6 is 0 Å². The molecule has 0 radical (unpaired) electrons. The second-order valence-electron chi connectivity index (χ2n) is 15.4. The molecule has 3 aliphatic heterocycles. The molecule has 0 bridgehead atoms. The number of guanidine groups is 1. The summed E-state index contributed by atoms with van der Waals surface area (Å²) in [5.41, 5.74) is -0.108. The summed E-state index contributed by atoms with van der Waals surface area (Å²) in [5.74, 6) is -2.71. The lowest BCUT2D eigenvalue weighted by molar-refractivity contribution is -0.139. The first-order chi connectivity index (χ1) is 30.6. The normalized spacial score (nSPS) is 18.1. The first-order valence-electron chi connectivity index (χ1n) is 20.6. The van der Waals surface area contributed by atoms with Crippen LogP contribution in [0.2, 0.25) is 0 Å². The lowest BCUT2D eigenvalue weighted by atomic mass is 10.00. The standard InChI is InChI=1S/C42H48F2N12O7S/c1-5-52(4)64(61,62)51-32-8-7-31(43)37(38(32)44)39(59)30-24-48-40-29(30)20-27(22-47-40)26(2)21-49-42(45-3)56-18-16-55(17-19-56)36(58)25-53-12-14-54(15-13-53)34-10-6-28(23-46-34)63-33-9-11-35(57)50-41(33)60/h6-8,10,20-24,33,51H,3,5,9,11-19,25H2,1-2,4H3,(H,47,48)(H,50,57,60)/b26-21+,49-42?. The fraction of sp³-hybridized carbons (Fsp3) is 0.381. The number of benzene rings is 1. The van der Waals surface area contributed by atoms with Crippen LogP contribution in [0.4, 0.5) is 20.3 Å². The summed E-state index contributed by atoms with van der Waals surface area (Å²) in [5, 5.41) is 2.56. The van der Waals surface area contributed by atoms with Gasteiger partial charge in [-0.3, -0.25) is 34.1 Å². The summed E-state index contributed by atoms with van der Waals surface area (Å²) in [7, 11) is -2.87. The molecule has 3 saturated heterocycles. The minimum Gasteiger partial charge on any atom is -0.479 e. The van der Waals surface area contributed by atoms with Gasteiger partial charge in [-0.05, 0) is 55.1 Å². The van der Waals surface area contributed by atoms with E-state index in [1.807, 2.05) is 15.9 Å². The number of rotatable bonds is 13. The van der Waals surface area contributed by atoms with Gasteiger partial charge >= 0.3 is 10.2 Å². The van der Waals surface area contributed by atoms with Crippen LogP contribution in [0.25, 0.3) is 16.6 Å². The number of aromatic amines is 1. The van der Waals surface area contributed by atoms with Crippen LogP contribution in [0.5, 0.6) is 5.75 Å². The number of nitrogens with one attached hydrogen (secondary N) is 3. The summed E-state index contributed by atoms with van der Waals surface area (Å²) in [6, 6.07) is 6.95. The van der Waals surface area contributed by atoms with Crippen molar-refractivity contribution in [3.63, 3.8) is 0 Å². The number of hydrogen-bond donors (Lipinski definition) is 3. The van der Waals surface area contributed by atoms with Crippen LogP contribution in [0, 0.1) is 11.6 Å². The van der Waals surface area contributed by atoms with E-state index in [9.17, 15) is 27.6 Å². The zero-order valence-corrected chi connectivity index (χ0v) is 36.3. The molecule has 64 heavy (non-hydrogen) atoms. The summed E-state index contributed by atoms with van der Waals surface area (Å²) >= 11 is 0. The molecule has 3 aliphatic rings. The molecule has 3 aromatic heterocycles. The summed E-state index contributed by atoms with van der Waals surface area (Å²) in [4.78, 5) is 78.8. The van der Waals surface area contributed by atoms with Gasteiger partial charge in [-0.2, -0.15) is 12.7 Å². The number of ether oxygens (including phenoxy) is 1. The number of fused-ring (bicyclic) bond motifs is 1. The molecule has 1 unspecified atom stereocenters. The van der Waals surface area contributed by atoms with Crippen LogP contribution in [0.3, 0.4) is 0 Å². The smallest absolute Gasteiger partial charge is 0.301 e. The molecule has 0 saturated carbocycles. The van der Waals surface area contributed by atoms with E-state index in [2.05, 4.69) is 51.5 Å². The van der Waals surface area contributed by atoms with Crippen molar-refractivity contribution in [3.05, 3.63) is 83.4 Å². The Balaban J connectivity index is 0.920. The number of aromatic nitrogens is 3. The lowest BCUT2D eigenvalue weighted by Gasteiger charge is -2.38. The Morgan fingerprint density at radius 1 is 1.03 bits per heavy atom. The van der Waals surface area contributed by atoms with Gasteiger partial charge in [0.2, 0.25) is 23.6 Å². The third kappa shape index (κ3) is 10.1. The minimum absolute atomic E-state index is 0.0232. The summed E-state index contributed by atoms with van der Waals surface area (Å²) in [6.07, 6.45) is 5.79. The van der Waals surface area contributed by atoms with Crippen molar-refractivity contribution in [3.8, 4) is 5.75 Å². The number of allylic oxidation sites excluding steroid dienone is 1. The average molecular weight is 903 g/mol. The van der Waals surface area contributed by atoms with Gasteiger partial charge in [0.15, 0.2) is 11.9 Å². The highest BCUT2D eigenvalue weighted by Crippen LogP contribution is 2.29. The third-order valence-electron chi connectivity index (χ3n) is 11.3. The summed E-state index contributed by atoms with van der Waals surface area (Å²) < 4.78 is 64.5. The second-order valence-corrected chi connectivity index (χ2v) is 17.2. The van der Waals surface area contributed by atoms with Gasteiger partial charge < -0.3 is 24.4 Å². The van der Waals surface area contributed by atoms with Crippen molar-refractivity contribution in [1.82, 2.24) is 39.3 Å². The molecule has 1 atom stereocenters. The van der Waals surface area contributed by atoms with E-state index in [0.29, 0.717) is 81.6 Å². The fourth-order valence-electron chi connectivity index (χ4n) is 7.38. The molecule has 3 fully saturated rings. The van der Waals surface area contributed by atoms with Crippen molar-refractivity contribution in [2.45, 2.75) is 32.8 Å². The van der Waals surface area contributed by atoms with Crippen molar-refractivity contribution in [1.29, 1.82) is 0 Å². The van der Waals surface area contributed by atoms with Crippen molar-refractivity contribution >= 4 is 74.5 Å². The van der Waals surface area contributed by atoms with Crippen molar-refractivity contribution in [2.24, 2.45) is 9.98 Å². The monoisotopic (exact) mass is 902 g/mol. The molecule has 338 valence electrons. The lowest BCUT2D eigenvalue weighted by Crippen LogP contribution is -2.54. The number of aliphatic imine (C=N–C) groups is 2. The predicted octanol–water partition coefficient (Wildman–Crippen LogP) is 2.64. The Hall–Kier alpha value is -6.65. The van der Waals surface area contributed by atoms with Crippen LogP contribution in [0.15, 0.2) is 65.1 Å². The Bertz CT molecular complexity index is 2620. The van der Waals surface area contributed by atoms with E-state index >= 15 is 8.78 Å². The van der Waals surface area contributed by atoms with Gasteiger partial charge in [0, 0.05) is 108 Å². The van der Waals surface area contributed by atoms with Crippen LogP contribution in [0.1, 0.15) is 48.2 Å². The predicted molar refractivity (Wildman–Crippen MR) is 235 cm³/mol. The number of pyridine rings is 2. The molecule has 3 N–H and O–H groups in total. The first kappa shape index (κ1) is 45.4. The fourth-order valence-corrected chi connectivity index (χ4v) is 8.31. The molecule has 19 nitrogen and oxygen atoms in total. The SMILES string of the molecule is C=NC(=N/C=C(\C)c1cnc2[nH]cc(C(=O)c3c(F)ccc(NS(=O)(=O)N(C)CC)c3F)c2c1)N1CCN(C(=O)CN2CCN(c3ccc(OC4CCC(=O)NC4=O)cn3)CC2)CC1. The number of amides is 3. The third-order valence-corrected chi connectivity index (χ3v) is 12.9.